The van der Waals surface area contributed by atoms with Gasteiger partial charge in [0.25, 0.3) is 0 Å². The number of epoxide rings is 1. The first-order valence-corrected chi connectivity index (χ1v) is 11.8. The summed E-state index contributed by atoms with van der Waals surface area (Å²) < 4.78 is 10.9. The molecule has 2 aliphatic rings. The molecule has 1 unspecified atom stereocenters. The number of rotatable bonds is 15. The van der Waals surface area contributed by atoms with Crippen LogP contribution in [-0.2, 0) is 19.1 Å². The van der Waals surface area contributed by atoms with Crippen LogP contribution in [-0.4, -0.2) is 40.9 Å². The highest BCUT2D eigenvalue weighted by Gasteiger charge is 2.36. The fraction of sp³-hybridized carbons (Fsp3) is 0.680. The standard InChI is InChI=1S/C25H39NO5/c1-4-6-7-8-9-12-15-21-22(30-21)16-13-10-11-14-19(27)17-23(28)26-20-18-25(3,5-2)31-24(20)29/h10-11,13-14,18-19,21-22,27H,4-9,12,15-17H2,1-3H3,(H,26,28)/b13-10+,14-11-/t19-,21+,22?,25-/m0/s1. The first-order chi connectivity index (χ1) is 14.9. The fourth-order valence-electron chi connectivity index (χ4n) is 3.63. The van der Waals surface area contributed by atoms with E-state index in [1.807, 2.05) is 19.1 Å². The van der Waals surface area contributed by atoms with Crippen LogP contribution in [0, 0.1) is 0 Å². The molecule has 0 aromatic rings. The monoisotopic (exact) mass is 433 g/mol. The Morgan fingerprint density at radius 3 is 2.65 bits per heavy atom. The Morgan fingerprint density at radius 1 is 1.19 bits per heavy atom. The smallest absolute Gasteiger partial charge is 0.355 e. The normalized spacial score (nSPS) is 26.3. The Labute approximate surface area is 186 Å². The summed E-state index contributed by atoms with van der Waals surface area (Å²) in [6, 6.07) is 0. The number of carbonyl (C=O) groups is 2. The number of unbranched alkanes of at least 4 members (excludes halogenated alkanes) is 5. The van der Waals surface area contributed by atoms with Crippen LogP contribution < -0.4 is 5.32 Å². The molecule has 2 aliphatic heterocycles. The van der Waals surface area contributed by atoms with E-state index in [-0.39, 0.29) is 12.1 Å². The van der Waals surface area contributed by atoms with Gasteiger partial charge in [-0.3, -0.25) is 4.79 Å². The Morgan fingerprint density at radius 2 is 1.94 bits per heavy atom. The molecule has 1 fully saturated rings. The predicted octanol–water partition coefficient (Wildman–Crippen LogP) is 4.48. The summed E-state index contributed by atoms with van der Waals surface area (Å²) in [5.41, 5.74) is -0.535. The number of hydrogen-bond acceptors (Lipinski definition) is 5. The Balaban J connectivity index is 1.56. The third kappa shape index (κ3) is 9.40. The maximum atomic E-state index is 12.0. The highest BCUT2D eigenvalue weighted by Crippen LogP contribution is 2.30. The predicted molar refractivity (Wildman–Crippen MR) is 121 cm³/mol. The van der Waals surface area contributed by atoms with Gasteiger partial charge in [0.2, 0.25) is 5.91 Å². The van der Waals surface area contributed by atoms with Crippen LogP contribution in [0.2, 0.25) is 0 Å². The van der Waals surface area contributed by atoms with Crippen molar-refractivity contribution in [3.05, 3.63) is 36.1 Å². The van der Waals surface area contributed by atoms with E-state index < -0.39 is 23.6 Å². The minimum atomic E-state index is -0.919. The van der Waals surface area contributed by atoms with Crippen molar-refractivity contribution in [2.45, 2.75) is 109 Å². The van der Waals surface area contributed by atoms with Gasteiger partial charge in [0.1, 0.15) is 11.3 Å². The molecule has 4 atom stereocenters. The second-order valence-corrected chi connectivity index (χ2v) is 8.75. The van der Waals surface area contributed by atoms with Crippen LogP contribution in [0.5, 0.6) is 0 Å². The third-order valence-corrected chi connectivity index (χ3v) is 5.84. The van der Waals surface area contributed by atoms with Crippen LogP contribution in [0.15, 0.2) is 36.1 Å². The largest absolute Gasteiger partial charge is 0.450 e. The van der Waals surface area contributed by atoms with Gasteiger partial charge in [-0.1, -0.05) is 76.7 Å². The average molecular weight is 434 g/mol. The van der Waals surface area contributed by atoms with Gasteiger partial charge < -0.3 is 19.9 Å². The van der Waals surface area contributed by atoms with Crippen LogP contribution in [0.1, 0.15) is 85.0 Å². The molecule has 0 aromatic heterocycles. The van der Waals surface area contributed by atoms with E-state index in [4.69, 9.17) is 9.47 Å². The van der Waals surface area contributed by atoms with E-state index in [0.717, 1.165) is 12.8 Å². The number of aliphatic hydroxyl groups excluding tert-OH is 1. The zero-order valence-electron chi connectivity index (χ0n) is 19.3. The van der Waals surface area contributed by atoms with Gasteiger partial charge in [-0.25, -0.2) is 4.79 Å². The first-order valence-electron chi connectivity index (χ1n) is 11.8. The number of esters is 1. The number of nitrogens with one attached hydrogen (secondary N) is 1. The molecule has 2 heterocycles. The van der Waals surface area contributed by atoms with Crippen molar-refractivity contribution in [2.24, 2.45) is 0 Å². The maximum absolute atomic E-state index is 12.0. The number of carbonyl (C=O) groups excluding carboxylic acids is 2. The zero-order chi connectivity index (χ0) is 22.7. The molecule has 1 saturated heterocycles. The summed E-state index contributed by atoms with van der Waals surface area (Å²) in [5.74, 6) is -0.962. The second-order valence-electron chi connectivity index (χ2n) is 8.75. The topological polar surface area (TPSA) is 88.2 Å². The number of ether oxygens (including phenoxy) is 2. The van der Waals surface area contributed by atoms with Gasteiger partial charge >= 0.3 is 5.97 Å². The lowest BCUT2D eigenvalue weighted by atomic mass is 10.0. The van der Waals surface area contributed by atoms with Crippen molar-refractivity contribution >= 4 is 11.9 Å². The number of allylic oxidation sites excluding steroid dienone is 2. The average Bonchev–Trinajstić information content (AvgIpc) is 3.40. The van der Waals surface area contributed by atoms with Gasteiger partial charge in [0.05, 0.1) is 24.7 Å². The molecule has 0 aromatic carbocycles. The molecule has 0 aliphatic carbocycles. The molecule has 1 amide bonds. The summed E-state index contributed by atoms with van der Waals surface area (Å²) in [4.78, 5) is 23.9. The lowest BCUT2D eigenvalue weighted by Crippen LogP contribution is -2.28. The van der Waals surface area contributed by atoms with E-state index in [1.165, 1.54) is 38.5 Å². The molecule has 6 nitrogen and oxygen atoms in total. The molecule has 2 N–H and O–H groups in total. The van der Waals surface area contributed by atoms with Crippen molar-refractivity contribution in [3.63, 3.8) is 0 Å². The SMILES string of the molecule is CCCCCCCC[C@H]1OC1C/C=C/C=C\[C@H](O)CC(=O)NC1=C[C@](C)(CC)OC1=O. The highest BCUT2D eigenvalue weighted by atomic mass is 16.6. The zero-order valence-corrected chi connectivity index (χ0v) is 19.3. The van der Waals surface area contributed by atoms with Crippen molar-refractivity contribution in [1.82, 2.24) is 5.32 Å². The van der Waals surface area contributed by atoms with Crippen LogP contribution in [0.25, 0.3) is 0 Å². The second kappa shape index (κ2) is 12.8. The first kappa shape index (κ1) is 25.3. The van der Waals surface area contributed by atoms with E-state index >= 15 is 0 Å². The molecule has 31 heavy (non-hydrogen) atoms. The molecule has 2 rings (SSSR count). The molecule has 0 bridgehead atoms. The van der Waals surface area contributed by atoms with Crippen molar-refractivity contribution in [3.8, 4) is 0 Å². The van der Waals surface area contributed by atoms with E-state index in [2.05, 4.69) is 12.2 Å². The Bertz CT molecular complexity index is 683. The number of aliphatic hydroxyl groups is 1. The Hall–Kier alpha value is -1.92. The lowest BCUT2D eigenvalue weighted by Gasteiger charge is -2.17. The highest BCUT2D eigenvalue weighted by molar-refractivity contribution is 5.96. The van der Waals surface area contributed by atoms with Crippen LogP contribution in [0.4, 0.5) is 0 Å². The van der Waals surface area contributed by atoms with Crippen molar-refractivity contribution < 1.29 is 24.2 Å². The van der Waals surface area contributed by atoms with Crippen LogP contribution in [0.3, 0.4) is 0 Å². The summed E-state index contributed by atoms with van der Waals surface area (Å²) in [6.07, 6.45) is 19.0. The Kier molecular flexibility index (Phi) is 10.5. The summed E-state index contributed by atoms with van der Waals surface area (Å²) in [5, 5.41) is 12.5. The van der Waals surface area contributed by atoms with Crippen molar-refractivity contribution in [2.75, 3.05) is 0 Å². The van der Waals surface area contributed by atoms with Gasteiger partial charge in [-0.15, -0.1) is 0 Å². The fourth-order valence-corrected chi connectivity index (χ4v) is 3.63. The van der Waals surface area contributed by atoms with Crippen LogP contribution >= 0.6 is 0 Å². The maximum Gasteiger partial charge on any atom is 0.355 e. The molecule has 0 spiro atoms. The molecule has 6 heteroatoms. The van der Waals surface area contributed by atoms with Gasteiger partial charge in [0, 0.05) is 0 Å². The number of hydrogen-bond donors (Lipinski definition) is 2. The van der Waals surface area contributed by atoms with E-state index in [1.54, 1.807) is 25.2 Å². The summed E-state index contributed by atoms with van der Waals surface area (Å²) in [7, 11) is 0. The number of amides is 1. The summed E-state index contributed by atoms with van der Waals surface area (Å²) >= 11 is 0. The van der Waals surface area contributed by atoms with Gasteiger partial charge in [-0.05, 0) is 32.3 Å². The van der Waals surface area contributed by atoms with E-state index in [9.17, 15) is 14.7 Å². The molecule has 0 radical (unpaired) electrons. The molecular weight excluding hydrogens is 394 g/mol. The van der Waals surface area contributed by atoms with Gasteiger partial charge in [0.15, 0.2) is 0 Å². The molecule has 0 saturated carbocycles. The lowest BCUT2D eigenvalue weighted by molar-refractivity contribution is -0.146. The third-order valence-electron chi connectivity index (χ3n) is 5.84. The summed E-state index contributed by atoms with van der Waals surface area (Å²) in [6.45, 7) is 5.93. The van der Waals surface area contributed by atoms with E-state index in [0.29, 0.717) is 18.6 Å². The number of cyclic esters (lactones) is 1. The minimum absolute atomic E-state index is 0.121. The minimum Gasteiger partial charge on any atom is -0.450 e. The quantitative estimate of drug-likeness (QED) is 0.172. The van der Waals surface area contributed by atoms with Crippen molar-refractivity contribution in [1.29, 1.82) is 0 Å². The molecular formula is C25H39NO5. The molecule has 174 valence electrons. The van der Waals surface area contributed by atoms with Gasteiger partial charge in [-0.2, -0.15) is 0 Å².